The van der Waals surface area contributed by atoms with E-state index >= 15 is 0 Å². The summed E-state index contributed by atoms with van der Waals surface area (Å²) < 4.78 is 0.379. The van der Waals surface area contributed by atoms with Gasteiger partial charge in [0.25, 0.3) is 0 Å². The van der Waals surface area contributed by atoms with Crippen molar-refractivity contribution in [2.24, 2.45) is 5.92 Å². The van der Waals surface area contributed by atoms with Gasteiger partial charge in [-0.15, -0.1) is 0 Å². The van der Waals surface area contributed by atoms with E-state index in [9.17, 15) is 4.79 Å². The fourth-order valence-electron chi connectivity index (χ4n) is 2.71. The molecule has 1 aliphatic rings. The van der Waals surface area contributed by atoms with Crippen LogP contribution in [0.4, 0.5) is 0 Å². The summed E-state index contributed by atoms with van der Waals surface area (Å²) in [6.45, 7) is 4.52. The van der Waals surface area contributed by atoms with Gasteiger partial charge in [-0.25, -0.2) is 0 Å². The molecule has 0 aromatic carbocycles. The fourth-order valence-corrected chi connectivity index (χ4v) is 5.04. The van der Waals surface area contributed by atoms with Gasteiger partial charge < -0.3 is 0 Å². The van der Waals surface area contributed by atoms with Gasteiger partial charge in [-0.2, -0.15) is 0 Å². The molecule has 1 saturated carbocycles. The zero-order valence-electron chi connectivity index (χ0n) is 9.64. The van der Waals surface area contributed by atoms with Crippen LogP contribution in [0.5, 0.6) is 0 Å². The van der Waals surface area contributed by atoms with E-state index in [1.165, 1.54) is 19.3 Å². The Morgan fingerprint density at radius 3 is 2.43 bits per heavy atom. The van der Waals surface area contributed by atoms with E-state index < -0.39 is 0 Å². The summed E-state index contributed by atoms with van der Waals surface area (Å²) in [5, 5.41) is 0. The maximum absolute atomic E-state index is 11.9. The van der Waals surface area contributed by atoms with Gasteiger partial charge in [-0.05, 0) is 0 Å². The molecule has 0 spiro atoms. The Bertz CT molecular complexity index is 188. The van der Waals surface area contributed by atoms with Gasteiger partial charge in [0.15, 0.2) is 0 Å². The Balaban J connectivity index is 2.79. The van der Waals surface area contributed by atoms with Crippen LogP contribution in [0.15, 0.2) is 0 Å². The molecule has 14 heavy (non-hydrogen) atoms. The first-order valence-corrected chi connectivity index (χ1v) is 8.35. The number of Topliss-reactive ketones (excluding diaryl/α,β-unsaturated/α-hetero) is 1. The van der Waals surface area contributed by atoms with Crippen molar-refractivity contribution in [2.75, 3.05) is 0 Å². The number of ketones is 1. The minimum absolute atomic E-state index is 0.379. The van der Waals surface area contributed by atoms with Gasteiger partial charge in [-0.3, -0.25) is 0 Å². The second kappa shape index (κ2) is 5.32. The predicted octanol–water partition coefficient (Wildman–Crippen LogP) is 3.48. The first-order chi connectivity index (χ1) is 6.70. The zero-order chi connectivity index (χ0) is 10.6. The molecule has 1 atom stereocenters. The van der Waals surface area contributed by atoms with Crippen molar-refractivity contribution in [3.05, 3.63) is 0 Å². The third kappa shape index (κ3) is 2.23. The first-order valence-electron chi connectivity index (χ1n) is 5.78. The van der Waals surface area contributed by atoms with E-state index in [2.05, 4.69) is 19.7 Å². The first kappa shape index (κ1) is 12.3. The molecule has 1 unspecified atom stereocenters. The normalized spacial score (nSPS) is 23.9. The van der Waals surface area contributed by atoms with Gasteiger partial charge in [0.1, 0.15) is 0 Å². The molecule has 2 heteroatoms. The average molecular weight is 261 g/mol. The van der Waals surface area contributed by atoms with Crippen molar-refractivity contribution in [1.29, 1.82) is 0 Å². The molecule has 0 amide bonds. The summed E-state index contributed by atoms with van der Waals surface area (Å²) in [7, 11) is 0. The van der Waals surface area contributed by atoms with E-state index in [1.807, 2.05) is 0 Å². The molecule has 0 heterocycles. The van der Waals surface area contributed by atoms with Crippen LogP contribution in [0.1, 0.15) is 52.4 Å². The number of carbonyl (C=O) groups excluding carboxylic acids is 1. The van der Waals surface area contributed by atoms with Crippen LogP contribution in [0.25, 0.3) is 0 Å². The predicted molar refractivity (Wildman–Crippen MR) is 61.9 cm³/mol. The van der Waals surface area contributed by atoms with Crippen LogP contribution in [0.2, 0.25) is 10.1 Å². The van der Waals surface area contributed by atoms with Crippen molar-refractivity contribution in [3.8, 4) is 0 Å². The molecule has 1 fully saturated rings. The number of hydrogen-bond donors (Lipinski definition) is 0. The van der Waals surface area contributed by atoms with Crippen LogP contribution < -0.4 is 0 Å². The molecular weight excluding hydrogens is 239 g/mol. The van der Waals surface area contributed by atoms with Crippen LogP contribution in [0.3, 0.4) is 0 Å². The molecule has 0 aromatic heterocycles. The van der Waals surface area contributed by atoms with Crippen molar-refractivity contribution in [2.45, 2.75) is 62.5 Å². The summed E-state index contributed by atoms with van der Waals surface area (Å²) in [5.74, 6) is 3.27. The van der Waals surface area contributed by atoms with Crippen LogP contribution in [-0.4, -0.2) is 20.7 Å². The summed E-state index contributed by atoms with van der Waals surface area (Å²) >= 11 is 0.605. The van der Waals surface area contributed by atoms with Gasteiger partial charge in [0.2, 0.25) is 0 Å². The van der Waals surface area contributed by atoms with E-state index in [0.717, 1.165) is 19.3 Å². The maximum atomic E-state index is 11.9. The van der Waals surface area contributed by atoms with Crippen LogP contribution in [0, 0.1) is 5.92 Å². The topological polar surface area (TPSA) is 17.1 Å². The molecule has 1 aliphatic carbocycles. The van der Waals surface area contributed by atoms with E-state index in [-0.39, 0.29) is 0 Å². The van der Waals surface area contributed by atoms with Gasteiger partial charge in [-0.1, -0.05) is 0 Å². The molecular formula is C12H22OSe. The Morgan fingerprint density at radius 1 is 1.36 bits per heavy atom. The number of rotatable bonds is 4. The number of hydrogen-bond acceptors (Lipinski definition) is 1. The molecule has 1 nitrogen and oxygen atoms in total. The van der Waals surface area contributed by atoms with E-state index in [4.69, 9.17) is 0 Å². The Hall–Kier alpha value is 0.189. The molecule has 0 radical (unpaired) electrons. The Kier molecular flexibility index (Phi) is 4.66. The quantitative estimate of drug-likeness (QED) is 0.708. The van der Waals surface area contributed by atoms with Crippen molar-refractivity contribution in [3.63, 3.8) is 0 Å². The SMILES string of the molecule is CCC(CC)([Se]C)C1CCCCC1=O. The van der Waals surface area contributed by atoms with E-state index in [0.29, 0.717) is 31.0 Å². The third-order valence-corrected chi connectivity index (χ3v) is 7.31. The monoisotopic (exact) mass is 262 g/mol. The Morgan fingerprint density at radius 2 is 2.00 bits per heavy atom. The molecule has 0 saturated heterocycles. The molecule has 0 aromatic rings. The average Bonchev–Trinajstić information content (AvgIpc) is 2.24. The molecule has 82 valence electrons. The third-order valence-electron chi connectivity index (χ3n) is 3.79. The second-order valence-electron chi connectivity index (χ2n) is 4.24. The minimum atomic E-state index is 0.379. The standard InChI is InChI=1S/C12H22OSe/c1-4-12(5-2,14-3)10-8-6-7-9-11(10)13/h10H,4-9H2,1-3H3. The van der Waals surface area contributed by atoms with Crippen molar-refractivity contribution < 1.29 is 4.79 Å². The van der Waals surface area contributed by atoms with Gasteiger partial charge in [0, 0.05) is 0 Å². The second-order valence-corrected chi connectivity index (χ2v) is 6.80. The summed E-state index contributed by atoms with van der Waals surface area (Å²) in [4.78, 5) is 11.9. The summed E-state index contributed by atoms with van der Waals surface area (Å²) in [6, 6.07) is 0. The number of carbonyl (C=O) groups is 1. The molecule has 0 N–H and O–H groups in total. The molecule has 0 bridgehead atoms. The molecule has 1 rings (SSSR count). The van der Waals surface area contributed by atoms with Crippen molar-refractivity contribution >= 4 is 20.7 Å². The fraction of sp³-hybridized carbons (Fsp3) is 0.917. The summed E-state index contributed by atoms with van der Waals surface area (Å²) in [6.07, 6.45) is 6.80. The Labute approximate surface area is 94.2 Å². The van der Waals surface area contributed by atoms with Gasteiger partial charge in [0.05, 0.1) is 0 Å². The summed E-state index contributed by atoms with van der Waals surface area (Å²) in [5.41, 5.74) is 0. The van der Waals surface area contributed by atoms with Gasteiger partial charge >= 0.3 is 94.0 Å². The van der Waals surface area contributed by atoms with E-state index in [1.54, 1.807) is 0 Å². The zero-order valence-corrected chi connectivity index (χ0v) is 11.3. The van der Waals surface area contributed by atoms with Crippen LogP contribution in [-0.2, 0) is 4.79 Å². The van der Waals surface area contributed by atoms with Crippen LogP contribution >= 0.6 is 0 Å². The van der Waals surface area contributed by atoms with Crippen molar-refractivity contribution in [1.82, 2.24) is 0 Å². The molecule has 0 aliphatic heterocycles.